The van der Waals surface area contributed by atoms with Gasteiger partial charge in [-0.2, -0.15) is 0 Å². The highest BCUT2D eigenvalue weighted by molar-refractivity contribution is 9.10. The van der Waals surface area contributed by atoms with Gasteiger partial charge in [0.2, 0.25) is 11.8 Å². The van der Waals surface area contributed by atoms with E-state index < -0.39 is 11.8 Å². The number of hydrogen-bond acceptors (Lipinski definition) is 6. The molecule has 0 spiro atoms. The Labute approximate surface area is 289 Å². The first-order valence-electron chi connectivity index (χ1n) is 14.3. The summed E-state index contributed by atoms with van der Waals surface area (Å²) in [6, 6.07) is 17.4. The molecule has 0 radical (unpaired) electrons. The van der Waals surface area contributed by atoms with Crippen LogP contribution in [0.15, 0.2) is 89.9 Å². The van der Waals surface area contributed by atoms with E-state index in [1.165, 1.54) is 11.0 Å². The van der Waals surface area contributed by atoms with Crippen LogP contribution in [0.5, 0.6) is 5.75 Å². The molecule has 0 fully saturated rings. The Hall–Kier alpha value is -4.71. The first-order valence-corrected chi connectivity index (χ1v) is 15.9. The van der Waals surface area contributed by atoms with Gasteiger partial charge in [-0.3, -0.25) is 23.8 Å². The minimum absolute atomic E-state index is 0.0370. The molecule has 10 nitrogen and oxygen atoms in total. The number of halogens is 3. The molecule has 0 unspecified atom stereocenters. The van der Waals surface area contributed by atoms with E-state index in [-0.39, 0.29) is 24.1 Å². The fraction of sp³-hybridized carbons (Fsp3) is 0.147. The van der Waals surface area contributed by atoms with Crippen molar-refractivity contribution in [1.82, 2.24) is 25.0 Å². The van der Waals surface area contributed by atoms with Crippen molar-refractivity contribution in [1.29, 1.82) is 0 Å². The number of aryl methyl sites for hydroxylation is 1. The zero-order valence-corrected chi connectivity index (χ0v) is 28.4. The molecular weight excluding hydrogens is 707 g/mol. The van der Waals surface area contributed by atoms with E-state index in [1.54, 1.807) is 74.0 Å². The van der Waals surface area contributed by atoms with Crippen molar-refractivity contribution < 1.29 is 19.1 Å². The first kappa shape index (κ1) is 33.6. The highest BCUT2D eigenvalue weighted by Crippen LogP contribution is 2.35. The highest BCUT2D eigenvalue weighted by Gasteiger charge is 2.20. The van der Waals surface area contributed by atoms with E-state index in [1.807, 2.05) is 29.7 Å². The smallest absolute Gasteiger partial charge is 0.251 e. The van der Waals surface area contributed by atoms with Gasteiger partial charge in [0.15, 0.2) is 11.4 Å². The van der Waals surface area contributed by atoms with Crippen LogP contribution in [0.4, 0.5) is 5.69 Å². The number of carbonyl (C=O) groups excluding carboxylic acids is 3. The van der Waals surface area contributed by atoms with Crippen LogP contribution in [0.1, 0.15) is 32.7 Å². The third kappa shape index (κ3) is 8.18. The van der Waals surface area contributed by atoms with Crippen LogP contribution in [-0.2, 0) is 22.7 Å². The minimum atomic E-state index is -0.462. The number of fused-ring (bicyclic) bond motifs is 1. The largest absolute Gasteiger partial charge is 0.485 e. The Kier molecular flexibility index (Phi) is 10.9. The second-order valence-electron chi connectivity index (χ2n) is 10.4. The van der Waals surface area contributed by atoms with Crippen LogP contribution in [0, 0.1) is 6.92 Å². The molecule has 0 saturated heterocycles. The standard InChI is InChI=1S/C34H29BrCl2N6O4/c1-21-32(35)43-16-4-6-28(33(43)41-21)47-20-25-26(36)12-13-27(31(25)37)42(2)30(45)19-39-29(44)14-9-22-7-10-24(11-8-22)34(46)40-18-23-5-3-15-38-17-23/h3-17H,18-20H2,1-2H3,(H,39,44)(H,40,46). The summed E-state index contributed by atoms with van der Waals surface area (Å²) in [6.45, 7) is 2.02. The summed E-state index contributed by atoms with van der Waals surface area (Å²) in [4.78, 5) is 47.8. The first-order chi connectivity index (χ1) is 22.6. The van der Waals surface area contributed by atoms with E-state index >= 15 is 0 Å². The zero-order valence-electron chi connectivity index (χ0n) is 25.3. The van der Waals surface area contributed by atoms with Gasteiger partial charge < -0.3 is 20.3 Å². The summed E-state index contributed by atoms with van der Waals surface area (Å²) < 4.78 is 8.75. The number of rotatable bonds is 11. The number of nitrogens with zero attached hydrogens (tertiary/aromatic N) is 4. The Morgan fingerprint density at radius 2 is 1.83 bits per heavy atom. The molecule has 0 saturated carbocycles. The normalized spacial score (nSPS) is 11.1. The van der Waals surface area contributed by atoms with Gasteiger partial charge in [0.05, 0.1) is 22.9 Å². The fourth-order valence-electron chi connectivity index (χ4n) is 4.55. The van der Waals surface area contributed by atoms with Crippen molar-refractivity contribution in [3.8, 4) is 5.75 Å². The summed E-state index contributed by atoms with van der Waals surface area (Å²) in [6.07, 6.45) is 8.14. The van der Waals surface area contributed by atoms with Gasteiger partial charge in [0.1, 0.15) is 11.2 Å². The van der Waals surface area contributed by atoms with Crippen LogP contribution >= 0.6 is 39.1 Å². The molecule has 2 N–H and O–H groups in total. The predicted octanol–water partition coefficient (Wildman–Crippen LogP) is 6.41. The molecule has 0 bridgehead atoms. The highest BCUT2D eigenvalue weighted by atomic mass is 79.9. The maximum Gasteiger partial charge on any atom is 0.251 e. The Morgan fingerprint density at radius 1 is 1.04 bits per heavy atom. The van der Waals surface area contributed by atoms with Gasteiger partial charge in [-0.15, -0.1) is 0 Å². The number of hydrogen-bond donors (Lipinski definition) is 2. The average molecular weight is 736 g/mol. The quantitative estimate of drug-likeness (QED) is 0.152. The molecule has 3 aromatic heterocycles. The summed E-state index contributed by atoms with van der Waals surface area (Å²) in [7, 11) is 1.56. The Balaban J connectivity index is 1.14. The average Bonchev–Trinajstić information content (AvgIpc) is 3.38. The van der Waals surface area contributed by atoms with Crippen LogP contribution < -0.4 is 20.3 Å². The van der Waals surface area contributed by atoms with Gasteiger partial charge >= 0.3 is 0 Å². The summed E-state index contributed by atoms with van der Waals surface area (Å²) in [5, 5.41) is 6.06. The van der Waals surface area contributed by atoms with Gasteiger partial charge in [-0.25, -0.2) is 4.98 Å². The second kappa shape index (κ2) is 15.3. The van der Waals surface area contributed by atoms with E-state index in [9.17, 15) is 14.4 Å². The topological polar surface area (TPSA) is 118 Å². The van der Waals surface area contributed by atoms with Crippen molar-refractivity contribution >= 4 is 74.3 Å². The number of amides is 3. The number of pyridine rings is 2. The summed E-state index contributed by atoms with van der Waals surface area (Å²) in [5.74, 6) is -0.541. The number of imidazole rings is 1. The molecule has 2 aromatic carbocycles. The number of anilines is 1. The number of benzene rings is 2. The SMILES string of the molecule is Cc1nc2c(OCc3c(Cl)ccc(N(C)C(=O)CNC(=O)C=Cc4ccc(C(=O)NCc5cccnc5)cc4)c3Cl)cccn2c1Br. The number of ether oxygens (including phenoxy) is 1. The number of likely N-dealkylation sites (N-methyl/N-ethyl adjacent to an activating group) is 1. The summed E-state index contributed by atoms with van der Waals surface area (Å²) >= 11 is 16.7. The van der Waals surface area contributed by atoms with Gasteiger partial charge in [0, 0.05) is 54.4 Å². The molecule has 0 aliphatic carbocycles. The van der Waals surface area contributed by atoms with E-state index in [4.69, 9.17) is 27.9 Å². The predicted molar refractivity (Wildman–Crippen MR) is 186 cm³/mol. The van der Waals surface area contributed by atoms with Crippen LogP contribution in [0.25, 0.3) is 11.7 Å². The number of nitrogens with one attached hydrogen (secondary N) is 2. The van der Waals surface area contributed by atoms with Gasteiger partial charge in [0.25, 0.3) is 5.91 Å². The van der Waals surface area contributed by atoms with E-state index in [0.29, 0.717) is 45.3 Å². The zero-order chi connectivity index (χ0) is 33.5. The molecule has 0 aliphatic rings. The molecule has 5 aromatic rings. The Morgan fingerprint density at radius 3 is 2.57 bits per heavy atom. The van der Waals surface area contributed by atoms with Crippen LogP contribution in [0.3, 0.4) is 0 Å². The molecule has 47 heavy (non-hydrogen) atoms. The lowest BCUT2D eigenvalue weighted by molar-refractivity contribution is -0.122. The lowest BCUT2D eigenvalue weighted by Gasteiger charge is -2.21. The van der Waals surface area contributed by atoms with Gasteiger partial charge in [-0.05, 0) is 82.5 Å². The van der Waals surface area contributed by atoms with Crippen molar-refractivity contribution in [2.45, 2.75) is 20.1 Å². The molecule has 3 amide bonds. The lowest BCUT2D eigenvalue weighted by atomic mass is 10.1. The molecule has 3 heterocycles. The lowest BCUT2D eigenvalue weighted by Crippen LogP contribution is -2.37. The fourth-order valence-corrected chi connectivity index (χ4v) is 5.53. The van der Waals surface area contributed by atoms with Crippen LogP contribution in [-0.4, -0.2) is 45.7 Å². The molecular formula is C34H29BrCl2N6O4. The minimum Gasteiger partial charge on any atom is -0.485 e. The van der Waals surface area contributed by atoms with Crippen molar-refractivity contribution in [2.75, 3.05) is 18.5 Å². The maximum absolute atomic E-state index is 13.0. The maximum atomic E-state index is 13.0. The summed E-state index contributed by atoms with van der Waals surface area (Å²) in [5.41, 5.74) is 4.45. The molecule has 0 aliphatic heterocycles. The van der Waals surface area contributed by atoms with Crippen molar-refractivity contribution in [2.24, 2.45) is 0 Å². The molecule has 13 heteroatoms. The molecule has 240 valence electrons. The van der Waals surface area contributed by atoms with Crippen molar-refractivity contribution in [3.63, 3.8) is 0 Å². The van der Waals surface area contributed by atoms with Gasteiger partial charge in [-0.1, -0.05) is 41.4 Å². The monoisotopic (exact) mass is 734 g/mol. The third-order valence-electron chi connectivity index (χ3n) is 7.18. The Bertz CT molecular complexity index is 1970. The molecule has 5 rings (SSSR count). The van der Waals surface area contributed by atoms with E-state index in [0.717, 1.165) is 15.9 Å². The second-order valence-corrected chi connectivity index (χ2v) is 11.9. The number of aromatic nitrogens is 3. The third-order valence-corrected chi connectivity index (χ3v) is 8.91. The van der Waals surface area contributed by atoms with Crippen molar-refractivity contribution in [3.05, 3.63) is 128 Å². The van der Waals surface area contributed by atoms with Crippen LogP contribution in [0.2, 0.25) is 10.0 Å². The molecule has 0 atom stereocenters. The van der Waals surface area contributed by atoms with E-state index in [2.05, 4.69) is 36.5 Å². The number of carbonyl (C=O) groups is 3.